The normalized spacial score (nSPS) is 10.6. The fourth-order valence-electron chi connectivity index (χ4n) is 1.93. The molecule has 94 valence electrons. The zero-order valence-electron chi connectivity index (χ0n) is 10.3. The Balaban J connectivity index is 2.18. The summed E-state index contributed by atoms with van der Waals surface area (Å²) in [7, 11) is 1.43. The van der Waals surface area contributed by atoms with E-state index in [1.165, 1.54) is 7.11 Å². The Kier molecular flexibility index (Phi) is 2.72. The summed E-state index contributed by atoms with van der Waals surface area (Å²) in [5.74, 6) is 0.447. The molecule has 1 aromatic heterocycles. The highest BCUT2D eigenvalue weighted by Crippen LogP contribution is 2.21. The highest BCUT2D eigenvalue weighted by molar-refractivity contribution is 5.86. The van der Waals surface area contributed by atoms with E-state index in [9.17, 15) is 4.79 Å². The maximum Gasteiger partial charge on any atom is 0.351 e. The molecule has 1 heterocycles. The highest BCUT2D eigenvalue weighted by atomic mass is 16.5. The van der Waals surface area contributed by atoms with Crippen molar-refractivity contribution in [3.63, 3.8) is 0 Å². The van der Waals surface area contributed by atoms with Crippen molar-refractivity contribution in [2.75, 3.05) is 7.11 Å². The number of rotatable bonds is 2. The molecule has 0 saturated heterocycles. The van der Waals surface area contributed by atoms with E-state index >= 15 is 0 Å². The number of nitrogens with one attached hydrogen (secondary N) is 1. The maximum atomic E-state index is 11.4. The summed E-state index contributed by atoms with van der Waals surface area (Å²) in [6, 6.07) is 13.9. The summed E-state index contributed by atoms with van der Waals surface area (Å²) in [6.07, 6.45) is 0. The van der Waals surface area contributed by atoms with Crippen LogP contribution in [0.5, 0.6) is 6.01 Å². The molecule has 0 spiro atoms. The minimum absolute atomic E-state index is 0.0620. The van der Waals surface area contributed by atoms with E-state index in [1.807, 2.05) is 42.5 Å². The second kappa shape index (κ2) is 4.53. The molecule has 0 aliphatic rings. The van der Waals surface area contributed by atoms with Crippen molar-refractivity contribution in [1.82, 2.24) is 15.0 Å². The largest absolute Gasteiger partial charge is 0.467 e. The van der Waals surface area contributed by atoms with E-state index in [4.69, 9.17) is 4.74 Å². The zero-order chi connectivity index (χ0) is 13.2. The number of nitrogens with zero attached hydrogens (tertiary/aromatic N) is 2. The molecule has 5 nitrogen and oxygen atoms in total. The lowest BCUT2D eigenvalue weighted by Crippen LogP contribution is -2.14. The smallest absolute Gasteiger partial charge is 0.351 e. The van der Waals surface area contributed by atoms with Crippen LogP contribution < -0.4 is 10.4 Å². The molecule has 0 aliphatic carbocycles. The van der Waals surface area contributed by atoms with Gasteiger partial charge in [0.1, 0.15) is 5.82 Å². The standard InChI is InChI=1S/C14H11N3O2/c1-19-14-16-12(15-13(18)17-14)11-7-6-9-4-2-3-5-10(9)8-11/h2-8H,1H3,(H,15,16,17,18). The molecule has 0 atom stereocenters. The van der Waals surface area contributed by atoms with Crippen molar-refractivity contribution >= 4 is 10.8 Å². The van der Waals surface area contributed by atoms with Crippen LogP contribution in [-0.2, 0) is 0 Å². The molecule has 5 heteroatoms. The number of hydrogen-bond donors (Lipinski definition) is 1. The quantitative estimate of drug-likeness (QED) is 0.758. The van der Waals surface area contributed by atoms with Gasteiger partial charge in [0.05, 0.1) is 7.11 Å². The fraction of sp³-hybridized carbons (Fsp3) is 0.0714. The third-order valence-electron chi connectivity index (χ3n) is 2.84. The molecule has 3 rings (SSSR count). The summed E-state index contributed by atoms with van der Waals surface area (Å²) < 4.78 is 4.90. The maximum absolute atomic E-state index is 11.4. The number of fused-ring (bicyclic) bond motifs is 1. The van der Waals surface area contributed by atoms with Gasteiger partial charge in [-0.05, 0) is 16.8 Å². The third-order valence-corrected chi connectivity index (χ3v) is 2.84. The third kappa shape index (κ3) is 2.18. The number of ether oxygens (including phenoxy) is 1. The molecule has 0 bridgehead atoms. The van der Waals surface area contributed by atoms with Gasteiger partial charge in [-0.3, -0.25) is 4.98 Å². The van der Waals surface area contributed by atoms with Crippen LogP contribution in [0.2, 0.25) is 0 Å². The van der Waals surface area contributed by atoms with E-state index in [0.29, 0.717) is 5.82 Å². The van der Waals surface area contributed by atoms with E-state index in [2.05, 4.69) is 15.0 Å². The van der Waals surface area contributed by atoms with Crippen molar-refractivity contribution < 1.29 is 4.74 Å². The van der Waals surface area contributed by atoms with Crippen LogP contribution in [0.3, 0.4) is 0 Å². The Morgan fingerprint density at radius 3 is 2.63 bits per heavy atom. The lowest BCUT2D eigenvalue weighted by atomic mass is 10.1. The first-order valence-corrected chi connectivity index (χ1v) is 5.78. The van der Waals surface area contributed by atoms with Crippen molar-refractivity contribution in [3.8, 4) is 17.4 Å². The second-order valence-corrected chi connectivity index (χ2v) is 4.05. The Morgan fingerprint density at radius 2 is 1.84 bits per heavy atom. The number of aromatic amines is 1. The van der Waals surface area contributed by atoms with Crippen molar-refractivity contribution in [3.05, 3.63) is 52.9 Å². The number of aromatic nitrogens is 3. The molecular weight excluding hydrogens is 242 g/mol. The summed E-state index contributed by atoms with van der Waals surface area (Å²) in [5.41, 5.74) is 0.339. The topological polar surface area (TPSA) is 67.9 Å². The number of hydrogen-bond acceptors (Lipinski definition) is 4. The number of methoxy groups -OCH3 is 1. The molecule has 19 heavy (non-hydrogen) atoms. The lowest BCUT2D eigenvalue weighted by molar-refractivity contribution is 0.377. The zero-order valence-corrected chi connectivity index (χ0v) is 10.3. The predicted molar refractivity (Wildman–Crippen MR) is 72.1 cm³/mol. The summed E-state index contributed by atoms with van der Waals surface area (Å²) in [5, 5.41) is 2.22. The molecule has 0 saturated carbocycles. The highest BCUT2D eigenvalue weighted by Gasteiger charge is 2.06. The van der Waals surface area contributed by atoms with Gasteiger partial charge in [-0.15, -0.1) is 4.98 Å². The Morgan fingerprint density at radius 1 is 1.05 bits per heavy atom. The first-order valence-electron chi connectivity index (χ1n) is 5.78. The van der Waals surface area contributed by atoms with Gasteiger partial charge >= 0.3 is 11.7 Å². The molecule has 1 N–H and O–H groups in total. The van der Waals surface area contributed by atoms with Gasteiger partial charge in [0, 0.05) is 5.56 Å². The second-order valence-electron chi connectivity index (χ2n) is 4.05. The molecule has 0 fully saturated rings. The van der Waals surface area contributed by atoms with Crippen molar-refractivity contribution in [2.24, 2.45) is 0 Å². The van der Waals surface area contributed by atoms with E-state index in [1.54, 1.807) is 0 Å². The van der Waals surface area contributed by atoms with Crippen LogP contribution >= 0.6 is 0 Å². The van der Waals surface area contributed by atoms with Gasteiger partial charge in [0.15, 0.2) is 0 Å². The summed E-state index contributed by atoms with van der Waals surface area (Å²) in [4.78, 5) is 21.8. The van der Waals surface area contributed by atoms with Gasteiger partial charge in [-0.25, -0.2) is 4.79 Å². The van der Waals surface area contributed by atoms with Gasteiger partial charge < -0.3 is 4.74 Å². The van der Waals surface area contributed by atoms with Gasteiger partial charge in [0.2, 0.25) is 0 Å². The fourth-order valence-corrected chi connectivity index (χ4v) is 1.93. The van der Waals surface area contributed by atoms with Crippen LogP contribution in [0.4, 0.5) is 0 Å². The molecular formula is C14H11N3O2. The van der Waals surface area contributed by atoms with Crippen LogP contribution in [-0.4, -0.2) is 22.1 Å². The molecule has 0 radical (unpaired) electrons. The van der Waals surface area contributed by atoms with E-state index in [-0.39, 0.29) is 6.01 Å². The average Bonchev–Trinajstić information content (AvgIpc) is 2.46. The summed E-state index contributed by atoms with van der Waals surface area (Å²) in [6.45, 7) is 0. The molecule has 0 unspecified atom stereocenters. The lowest BCUT2D eigenvalue weighted by Gasteiger charge is -2.04. The monoisotopic (exact) mass is 253 g/mol. The average molecular weight is 253 g/mol. The van der Waals surface area contributed by atoms with Crippen LogP contribution in [0.1, 0.15) is 0 Å². The first kappa shape index (κ1) is 11.4. The first-order chi connectivity index (χ1) is 9.26. The molecule has 0 amide bonds. The van der Waals surface area contributed by atoms with Crippen molar-refractivity contribution in [1.29, 1.82) is 0 Å². The van der Waals surface area contributed by atoms with Crippen molar-refractivity contribution in [2.45, 2.75) is 0 Å². The number of benzene rings is 2. The van der Waals surface area contributed by atoms with Crippen LogP contribution in [0.25, 0.3) is 22.2 Å². The van der Waals surface area contributed by atoms with E-state index < -0.39 is 5.69 Å². The van der Waals surface area contributed by atoms with Gasteiger partial charge in [-0.2, -0.15) is 4.98 Å². The Labute approximate surface area is 108 Å². The minimum Gasteiger partial charge on any atom is -0.467 e. The minimum atomic E-state index is -0.477. The molecule has 0 aliphatic heterocycles. The Hall–Kier alpha value is -2.69. The van der Waals surface area contributed by atoms with Gasteiger partial charge in [-0.1, -0.05) is 36.4 Å². The summed E-state index contributed by atoms with van der Waals surface area (Å²) >= 11 is 0. The SMILES string of the molecule is COc1nc(-c2ccc3ccccc3c2)[nH]c(=O)n1. The van der Waals surface area contributed by atoms with Gasteiger partial charge in [0.25, 0.3) is 0 Å². The predicted octanol–water partition coefficient (Wildman–Crippen LogP) is 1.99. The molecule has 2 aromatic carbocycles. The Bertz CT molecular complexity index is 796. The molecule has 3 aromatic rings. The number of H-pyrrole nitrogens is 1. The van der Waals surface area contributed by atoms with Crippen LogP contribution in [0, 0.1) is 0 Å². The van der Waals surface area contributed by atoms with Crippen LogP contribution in [0.15, 0.2) is 47.3 Å². The van der Waals surface area contributed by atoms with E-state index in [0.717, 1.165) is 16.3 Å².